The van der Waals surface area contributed by atoms with Crippen LogP contribution in [0.1, 0.15) is 23.2 Å². The van der Waals surface area contributed by atoms with E-state index in [4.69, 9.17) is 11.6 Å². The normalized spacial score (nSPS) is 10.0. The van der Waals surface area contributed by atoms with Crippen molar-refractivity contribution in [3.8, 4) is 0 Å². The van der Waals surface area contributed by atoms with Gasteiger partial charge in [-0.3, -0.25) is 9.59 Å². The Labute approximate surface area is 143 Å². The van der Waals surface area contributed by atoms with E-state index in [2.05, 4.69) is 10.6 Å². The van der Waals surface area contributed by atoms with Gasteiger partial charge in [-0.25, -0.2) is 0 Å². The lowest BCUT2D eigenvalue weighted by Crippen LogP contribution is -2.24. The third-order valence-corrected chi connectivity index (χ3v) is 3.41. The molecule has 0 radical (unpaired) electrons. The largest absolute Gasteiger partial charge is 0.550 e. The van der Waals surface area contributed by atoms with E-state index in [1.165, 1.54) is 6.07 Å². The number of carbonyl (C=O) groups excluding carboxylic acids is 3. The smallest absolute Gasteiger partial charge is 0.255 e. The van der Waals surface area contributed by atoms with E-state index in [1.807, 2.05) is 6.07 Å². The molecule has 6 nitrogen and oxygen atoms in total. The Kier molecular flexibility index (Phi) is 5.92. The van der Waals surface area contributed by atoms with Crippen molar-refractivity contribution in [2.45, 2.75) is 12.8 Å². The lowest BCUT2D eigenvalue weighted by Gasteiger charge is -2.10. The molecule has 2 N–H and O–H groups in total. The van der Waals surface area contributed by atoms with Gasteiger partial charge in [0.1, 0.15) is 0 Å². The van der Waals surface area contributed by atoms with Gasteiger partial charge in [-0.15, -0.1) is 0 Å². The zero-order chi connectivity index (χ0) is 17.5. The fourth-order valence-corrected chi connectivity index (χ4v) is 2.15. The number of rotatable bonds is 6. The summed E-state index contributed by atoms with van der Waals surface area (Å²) in [5.41, 5.74) is 1.30. The van der Waals surface area contributed by atoms with Crippen molar-refractivity contribution >= 4 is 40.8 Å². The van der Waals surface area contributed by atoms with Crippen molar-refractivity contribution < 1.29 is 19.5 Å². The first kappa shape index (κ1) is 17.5. The maximum atomic E-state index is 12.1. The Balaban J connectivity index is 2.00. The molecule has 2 amide bonds. The van der Waals surface area contributed by atoms with Crippen LogP contribution < -0.4 is 15.7 Å². The highest BCUT2D eigenvalue weighted by atomic mass is 35.5. The molecule has 0 atom stereocenters. The van der Waals surface area contributed by atoms with Crippen molar-refractivity contribution in [3.05, 3.63) is 59.1 Å². The van der Waals surface area contributed by atoms with Crippen LogP contribution in [0.2, 0.25) is 5.02 Å². The first-order chi connectivity index (χ1) is 11.5. The van der Waals surface area contributed by atoms with E-state index >= 15 is 0 Å². The van der Waals surface area contributed by atoms with Gasteiger partial charge in [-0.2, -0.15) is 0 Å². The molecule has 2 aromatic rings. The Morgan fingerprint density at radius 1 is 0.958 bits per heavy atom. The number of amides is 2. The molecule has 0 spiro atoms. The van der Waals surface area contributed by atoms with Gasteiger partial charge in [0, 0.05) is 23.6 Å². The Morgan fingerprint density at radius 2 is 1.67 bits per heavy atom. The minimum atomic E-state index is -1.29. The summed E-state index contributed by atoms with van der Waals surface area (Å²) < 4.78 is 0. The SMILES string of the molecule is O=C([O-])CCC(=O)Nc1ccc(NC(=O)c2ccccc2)c(Cl)c1. The molecule has 0 fully saturated rings. The van der Waals surface area contributed by atoms with E-state index in [0.717, 1.165) is 0 Å². The van der Waals surface area contributed by atoms with E-state index in [0.29, 0.717) is 16.9 Å². The summed E-state index contributed by atoms with van der Waals surface area (Å²) in [6.07, 6.45) is -0.544. The second-order valence-electron chi connectivity index (χ2n) is 4.93. The van der Waals surface area contributed by atoms with E-state index in [1.54, 1.807) is 36.4 Å². The second-order valence-corrected chi connectivity index (χ2v) is 5.34. The summed E-state index contributed by atoms with van der Waals surface area (Å²) in [6.45, 7) is 0. The zero-order valence-electron chi connectivity index (χ0n) is 12.5. The minimum absolute atomic E-state index is 0.188. The molecule has 0 aromatic heterocycles. The second kappa shape index (κ2) is 8.12. The average Bonchev–Trinajstić information content (AvgIpc) is 2.56. The van der Waals surface area contributed by atoms with E-state index in [9.17, 15) is 19.5 Å². The molecule has 0 bridgehead atoms. The molecule has 0 aliphatic carbocycles. The number of benzene rings is 2. The minimum Gasteiger partial charge on any atom is -0.550 e. The highest BCUT2D eigenvalue weighted by Crippen LogP contribution is 2.26. The standard InChI is InChI=1S/C17H15ClN2O4/c18-13-10-12(19-15(21)8-9-16(22)23)6-7-14(13)20-17(24)11-4-2-1-3-5-11/h1-7,10H,8-9H2,(H,19,21)(H,20,24)(H,22,23)/p-1. The number of halogens is 1. The number of hydrogen-bond acceptors (Lipinski definition) is 4. The molecular weight excluding hydrogens is 332 g/mol. The first-order valence-electron chi connectivity index (χ1n) is 7.11. The Bertz CT molecular complexity index is 762. The van der Waals surface area contributed by atoms with Crippen LogP contribution in [-0.2, 0) is 9.59 Å². The number of nitrogens with one attached hydrogen (secondary N) is 2. The number of carbonyl (C=O) groups is 3. The molecule has 2 rings (SSSR count). The summed E-state index contributed by atoms with van der Waals surface area (Å²) in [5.74, 6) is -2.05. The summed E-state index contributed by atoms with van der Waals surface area (Å²) >= 11 is 6.10. The van der Waals surface area contributed by atoms with Gasteiger partial charge in [-0.1, -0.05) is 29.8 Å². The number of hydrogen-bond donors (Lipinski definition) is 2. The van der Waals surface area contributed by atoms with Crippen LogP contribution in [0, 0.1) is 0 Å². The number of aliphatic carboxylic acids is 1. The average molecular weight is 346 g/mol. The van der Waals surface area contributed by atoms with Gasteiger partial charge in [0.05, 0.1) is 10.7 Å². The molecule has 0 aliphatic rings. The van der Waals surface area contributed by atoms with Crippen LogP contribution in [0.15, 0.2) is 48.5 Å². The van der Waals surface area contributed by atoms with Gasteiger partial charge in [0.25, 0.3) is 5.91 Å². The molecule has 0 unspecified atom stereocenters. The molecule has 24 heavy (non-hydrogen) atoms. The van der Waals surface area contributed by atoms with Gasteiger partial charge in [-0.05, 0) is 36.8 Å². The number of carboxylic acid groups (broad SMARTS) is 1. The Hall–Kier alpha value is -2.86. The van der Waals surface area contributed by atoms with Crippen molar-refractivity contribution in [1.82, 2.24) is 0 Å². The van der Waals surface area contributed by atoms with Crippen LogP contribution in [0.5, 0.6) is 0 Å². The first-order valence-corrected chi connectivity index (χ1v) is 7.49. The summed E-state index contributed by atoms with van der Waals surface area (Å²) in [6, 6.07) is 13.2. The van der Waals surface area contributed by atoms with E-state index in [-0.39, 0.29) is 23.8 Å². The van der Waals surface area contributed by atoms with Gasteiger partial charge in [0.15, 0.2) is 0 Å². The highest BCUT2D eigenvalue weighted by Gasteiger charge is 2.09. The van der Waals surface area contributed by atoms with Crippen LogP contribution >= 0.6 is 11.6 Å². The highest BCUT2D eigenvalue weighted by molar-refractivity contribution is 6.34. The zero-order valence-corrected chi connectivity index (χ0v) is 13.3. The fraction of sp³-hybridized carbons (Fsp3) is 0.118. The van der Waals surface area contributed by atoms with Crippen molar-refractivity contribution in [2.75, 3.05) is 10.6 Å². The van der Waals surface area contributed by atoms with Gasteiger partial charge < -0.3 is 20.5 Å². The predicted molar refractivity (Wildman–Crippen MR) is 88.7 cm³/mol. The number of anilines is 2. The van der Waals surface area contributed by atoms with E-state index < -0.39 is 11.9 Å². The fourth-order valence-electron chi connectivity index (χ4n) is 1.92. The monoisotopic (exact) mass is 345 g/mol. The molecule has 124 valence electrons. The molecule has 0 saturated carbocycles. The number of carboxylic acids is 1. The van der Waals surface area contributed by atoms with Crippen LogP contribution in [0.4, 0.5) is 11.4 Å². The topological polar surface area (TPSA) is 98.3 Å². The van der Waals surface area contributed by atoms with Crippen molar-refractivity contribution in [1.29, 1.82) is 0 Å². The van der Waals surface area contributed by atoms with Crippen LogP contribution in [-0.4, -0.2) is 17.8 Å². The molecule has 0 heterocycles. The summed E-state index contributed by atoms with van der Waals surface area (Å²) in [4.78, 5) is 34.0. The molecule has 2 aromatic carbocycles. The van der Waals surface area contributed by atoms with Gasteiger partial charge >= 0.3 is 0 Å². The Morgan fingerprint density at radius 3 is 2.29 bits per heavy atom. The summed E-state index contributed by atoms with van der Waals surface area (Å²) in [7, 11) is 0. The molecule has 7 heteroatoms. The predicted octanol–water partition coefficient (Wildman–Crippen LogP) is 2.06. The summed E-state index contributed by atoms with van der Waals surface area (Å²) in [5, 5.41) is 15.8. The van der Waals surface area contributed by atoms with Crippen molar-refractivity contribution in [2.24, 2.45) is 0 Å². The maximum absolute atomic E-state index is 12.1. The maximum Gasteiger partial charge on any atom is 0.255 e. The van der Waals surface area contributed by atoms with Gasteiger partial charge in [0.2, 0.25) is 5.91 Å². The van der Waals surface area contributed by atoms with Crippen LogP contribution in [0.3, 0.4) is 0 Å². The third kappa shape index (κ3) is 5.10. The van der Waals surface area contributed by atoms with Crippen molar-refractivity contribution in [3.63, 3.8) is 0 Å². The molecule has 0 saturated heterocycles. The lowest BCUT2D eigenvalue weighted by atomic mass is 10.2. The third-order valence-electron chi connectivity index (χ3n) is 3.09. The quantitative estimate of drug-likeness (QED) is 0.837. The van der Waals surface area contributed by atoms with Crippen LogP contribution in [0.25, 0.3) is 0 Å². The lowest BCUT2D eigenvalue weighted by molar-refractivity contribution is -0.305. The molecule has 0 aliphatic heterocycles. The molecular formula is C17H14ClN2O4-.